The zero-order chi connectivity index (χ0) is 13.0. The van der Waals surface area contributed by atoms with Gasteiger partial charge in [-0.1, -0.05) is 6.08 Å². The Bertz CT molecular complexity index is 429. The highest BCUT2D eigenvalue weighted by molar-refractivity contribution is 5.48. The Labute approximate surface area is 109 Å². The summed E-state index contributed by atoms with van der Waals surface area (Å²) in [6.07, 6.45) is 3.09. The van der Waals surface area contributed by atoms with Crippen LogP contribution in [-0.2, 0) is 13.0 Å². The first kappa shape index (κ1) is 13.0. The quantitative estimate of drug-likeness (QED) is 0.619. The third kappa shape index (κ3) is 2.85. The van der Waals surface area contributed by atoms with Gasteiger partial charge in [0.1, 0.15) is 17.6 Å². The van der Waals surface area contributed by atoms with Gasteiger partial charge in [-0.3, -0.25) is 0 Å². The highest BCUT2D eigenvalue weighted by atomic mass is 16.5. The third-order valence-electron chi connectivity index (χ3n) is 2.98. The lowest BCUT2D eigenvalue weighted by molar-refractivity contribution is 0.254. The zero-order valence-corrected chi connectivity index (χ0v) is 11.2. The molecule has 3 nitrogen and oxygen atoms in total. The van der Waals surface area contributed by atoms with Gasteiger partial charge in [0.2, 0.25) is 0 Å². The number of benzene rings is 1. The van der Waals surface area contributed by atoms with Crippen molar-refractivity contribution in [3.63, 3.8) is 0 Å². The van der Waals surface area contributed by atoms with Crippen molar-refractivity contribution in [2.45, 2.75) is 32.9 Å². The summed E-state index contributed by atoms with van der Waals surface area (Å²) in [7, 11) is 0. The van der Waals surface area contributed by atoms with Gasteiger partial charge in [-0.2, -0.15) is 0 Å². The third-order valence-corrected chi connectivity index (χ3v) is 2.98. The lowest BCUT2D eigenvalue weighted by atomic mass is 10.1. The SMILES string of the molecule is C=CCNCc1cc2c(cc1OCC)CC(C)O2. The van der Waals surface area contributed by atoms with E-state index in [1.807, 2.05) is 13.0 Å². The van der Waals surface area contributed by atoms with Gasteiger partial charge in [0.15, 0.2) is 0 Å². The molecule has 1 aliphatic rings. The second kappa shape index (κ2) is 5.91. The van der Waals surface area contributed by atoms with Crippen molar-refractivity contribution in [3.05, 3.63) is 35.9 Å². The Hall–Kier alpha value is -1.48. The van der Waals surface area contributed by atoms with Crippen LogP contribution in [0, 0.1) is 0 Å². The molecule has 0 saturated carbocycles. The van der Waals surface area contributed by atoms with Gasteiger partial charge in [-0.05, 0) is 26.0 Å². The Morgan fingerprint density at radius 3 is 3.11 bits per heavy atom. The minimum absolute atomic E-state index is 0.269. The summed E-state index contributed by atoms with van der Waals surface area (Å²) in [6.45, 7) is 10.0. The van der Waals surface area contributed by atoms with E-state index in [1.165, 1.54) is 5.56 Å². The summed E-state index contributed by atoms with van der Waals surface area (Å²) in [6, 6.07) is 4.22. The van der Waals surface area contributed by atoms with Crippen LogP contribution < -0.4 is 14.8 Å². The van der Waals surface area contributed by atoms with Gasteiger partial charge < -0.3 is 14.8 Å². The molecule has 0 bridgehead atoms. The van der Waals surface area contributed by atoms with Crippen LogP contribution in [0.5, 0.6) is 11.5 Å². The maximum atomic E-state index is 5.78. The number of ether oxygens (including phenoxy) is 2. The summed E-state index contributed by atoms with van der Waals surface area (Å²) in [5.74, 6) is 1.96. The molecule has 0 fully saturated rings. The summed E-state index contributed by atoms with van der Waals surface area (Å²) in [4.78, 5) is 0. The van der Waals surface area contributed by atoms with E-state index in [4.69, 9.17) is 9.47 Å². The minimum atomic E-state index is 0.269. The molecule has 3 heteroatoms. The van der Waals surface area contributed by atoms with E-state index in [2.05, 4.69) is 31.0 Å². The first-order valence-electron chi connectivity index (χ1n) is 6.51. The van der Waals surface area contributed by atoms with Gasteiger partial charge in [0.25, 0.3) is 0 Å². The molecule has 1 unspecified atom stereocenters. The van der Waals surface area contributed by atoms with Gasteiger partial charge in [-0.15, -0.1) is 6.58 Å². The van der Waals surface area contributed by atoms with Crippen LogP contribution in [-0.4, -0.2) is 19.3 Å². The summed E-state index contributed by atoms with van der Waals surface area (Å²) in [5, 5.41) is 3.30. The van der Waals surface area contributed by atoms with Gasteiger partial charge in [0, 0.05) is 30.6 Å². The largest absolute Gasteiger partial charge is 0.494 e. The maximum Gasteiger partial charge on any atom is 0.124 e. The number of fused-ring (bicyclic) bond motifs is 1. The van der Waals surface area contributed by atoms with E-state index >= 15 is 0 Å². The lowest BCUT2D eigenvalue weighted by Crippen LogP contribution is -2.13. The Balaban J connectivity index is 2.20. The molecule has 18 heavy (non-hydrogen) atoms. The van der Waals surface area contributed by atoms with Crippen molar-refractivity contribution < 1.29 is 9.47 Å². The first-order valence-corrected chi connectivity index (χ1v) is 6.51. The van der Waals surface area contributed by atoms with Crippen molar-refractivity contribution in [1.82, 2.24) is 5.32 Å². The Morgan fingerprint density at radius 1 is 1.56 bits per heavy atom. The number of rotatable bonds is 6. The molecule has 0 radical (unpaired) electrons. The molecule has 0 spiro atoms. The van der Waals surface area contributed by atoms with E-state index in [9.17, 15) is 0 Å². The van der Waals surface area contributed by atoms with Crippen LogP contribution >= 0.6 is 0 Å². The molecule has 1 N–H and O–H groups in total. The zero-order valence-electron chi connectivity index (χ0n) is 11.2. The minimum Gasteiger partial charge on any atom is -0.494 e. The van der Waals surface area contributed by atoms with E-state index in [1.54, 1.807) is 0 Å². The van der Waals surface area contributed by atoms with Crippen LogP contribution in [0.25, 0.3) is 0 Å². The first-order chi connectivity index (χ1) is 8.74. The van der Waals surface area contributed by atoms with Gasteiger partial charge in [0.05, 0.1) is 6.61 Å². The van der Waals surface area contributed by atoms with Crippen LogP contribution in [0.2, 0.25) is 0 Å². The van der Waals surface area contributed by atoms with Crippen LogP contribution in [0.3, 0.4) is 0 Å². The summed E-state index contributed by atoms with van der Waals surface area (Å²) < 4.78 is 11.5. The summed E-state index contributed by atoms with van der Waals surface area (Å²) in [5.41, 5.74) is 2.39. The maximum absolute atomic E-state index is 5.78. The lowest BCUT2D eigenvalue weighted by Gasteiger charge is -2.12. The smallest absolute Gasteiger partial charge is 0.124 e. The van der Waals surface area contributed by atoms with Crippen LogP contribution in [0.1, 0.15) is 25.0 Å². The van der Waals surface area contributed by atoms with E-state index < -0.39 is 0 Å². The molecule has 0 amide bonds. The molecule has 2 rings (SSSR count). The highest BCUT2D eigenvalue weighted by Crippen LogP contribution is 2.35. The van der Waals surface area contributed by atoms with Gasteiger partial charge in [-0.25, -0.2) is 0 Å². The summed E-state index contributed by atoms with van der Waals surface area (Å²) >= 11 is 0. The number of hydrogen-bond donors (Lipinski definition) is 1. The molecule has 1 aliphatic heterocycles. The number of nitrogens with one attached hydrogen (secondary N) is 1. The van der Waals surface area contributed by atoms with Crippen molar-refractivity contribution in [2.75, 3.05) is 13.2 Å². The number of hydrogen-bond acceptors (Lipinski definition) is 3. The molecule has 0 aromatic heterocycles. The van der Waals surface area contributed by atoms with E-state index in [0.717, 1.165) is 36.6 Å². The molecule has 0 aliphatic carbocycles. The molecule has 0 saturated heterocycles. The Kier molecular flexibility index (Phi) is 4.26. The van der Waals surface area contributed by atoms with E-state index in [0.29, 0.717) is 6.61 Å². The molecule has 1 heterocycles. The van der Waals surface area contributed by atoms with Gasteiger partial charge >= 0.3 is 0 Å². The van der Waals surface area contributed by atoms with Crippen molar-refractivity contribution in [3.8, 4) is 11.5 Å². The van der Waals surface area contributed by atoms with Crippen molar-refractivity contribution >= 4 is 0 Å². The molecule has 1 aromatic carbocycles. The fourth-order valence-electron chi connectivity index (χ4n) is 2.22. The predicted octanol–water partition coefficient (Wildman–Crippen LogP) is 2.68. The predicted molar refractivity (Wildman–Crippen MR) is 73.3 cm³/mol. The Morgan fingerprint density at radius 2 is 2.39 bits per heavy atom. The fourth-order valence-corrected chi connectivity index (χ4v) is 2.22. The van der Waals surface area contributed by atoms with Crippen molar-refractivity contribution in [1.29, 1.82) is 0 Å². The molecule has 98 valence electrons. The molecule has 1 aromatic rings. The normalized spacial score (nSPS) is 17.1. The van der Waals surface area contributed by atoms with Crippen molar-refractivity contribution in [2.24, 2.45) is 0 Å². The topological polar surface area (TPSA) is 30.5 Å². The average Bonchev–Trinajstić information content (AvgIpc) is 2.69. The standard InChI is InChI=1S/C15H21NO2/c1-4-6-16-10-13-9-15-12(7-11(3)18-15)8-14(13)17-5-2/h4,8-9,11,16H,1,5-7,10H2,2-3H3. The fraction of sp³-hybridized carbons (Fsp3) is 0.467. The second-order valence-electron chi connectivity index (χ2n) is 4.55. The highest BCUT2D eigenvalue weighted by Gasteiger charge is 2.21. The molecular formula is C15H21NO2. The second-order valence-corrected chi connectivity index (χ2v) is 4.55. The van der Waals surface area contributed by atoms with Crippen LogP contribution in [0.4, 0.5) is 0 Å². The average molecular weight is 247 g/mol. The van der Waals surface area contributed by atoms with E-state index in [-0.39, 0.29) is 6.10 Å². The molecular weight excluding hydrogens is 226 g/mol. The molecule has 1 atom stereocenters. The monoisotopic (exact) mass is 247 g/mol. The van der Waals surface area contributed by atoms with Crippen LogP contribution in [0.15, 0.2) is 24.8 Å².